The predicted octanol–water partition coefficient (Wildman–Crippen LogP) is 1.88. The number of aliphatic carboxylic acids is 1. The van der Waals surface area contributed by atoms with Crippen molar-refractivity contribution in [2.75, 3.05) is 0 Å². The highest BCUT2D eigenvalue weighted by Gasteiger charge is 2.60. The van der Waals surface area contributed by atoms with Gasteiger partial charge in [-0.15, -0.1) is 0 Å². The maximum atomic E-state index is 10.9. The van der Waals surface area contributed by atoms with Crippen LogP contribution in [0.15, 0.2) is 24.3 Å². The number of hydrogen-bond donors (Lipinski definition) is 1. The van der Waals surface area contributed by atoms with Crippen LogP contribution in [0.2, 0.25) is 0 Å². The first kappa shape index (κ1) is 8.04. The highest BCUT2D eigenvalue weighted by atomic mass is 16.4. The van der Waals surface area contributed by atoms with Crippen molar-refractivity contribution >= 4 is 5.97 Å². The highest BCUT2D eigenvalue weighted by molar-refractivity contribution is 5.75. The molecule has 0 amide bonds. The van der Waals surface area contributed by atoms with Crippen LogP contribution in [0.5, 0.6) is 0 Å². The molecule has 2 aliphatic rings. The lowest BCUT2D eigenvalue weighted by Crippen LogP contribution is -2.10. The molecular formula is C12H12O2. The van der Waals surface area contributed by atoms with Gasteiger partial charge in [0, 0.05) is 0 Å². The van der Waals surface area contributed by atoms with Crippen molar-refractivity contribution in [3.63, 3.8) is 0 Å². The van der Waals surface area contributed by atoms with E-state index in [-0.39, 0.29) is 11.3 Å². The lowest BCUT2D eigenvalue weighted by molar-refractivity contribution is -0.139. The van der Waals surface area contributed by atoms with E-state index >= 15 is 0 Å². The summed E-state index contributed by atoms with van der Waals surface area (Å²) in [4.78, 5) is 10.9. The molecule has 1 N–H and O–H groups in total. The number of carbonyl (C=O) groups is 1. The average molecular weight is 188 g/mol. The summed E-state index contributed by atoms with van der Waals surface area (Å²) in [6.07, 6.45) is 2.82. The van der Waals surface area contributed by atoms with Crippen molar-refractivity contribution in [2.45, 2.75) is 19.3 Å². The maximum Gasteiger partial charge on any atom is 0.307 e. The zero-order valence-corrected chi connectivity index (χ0v) is 7.86. The molecule has 0 aliphatic heterocycles. The Hall–Kier alpha value is -1.31. The number of hydrogen-bond acceptors (Lipinski definition) is 1. The van der Waals surface area contributed by atoms with Gasteiger partial charge in [0.1, 0.15) is 0 Å². The SMILES string of the molecule is O=C(O)[C@@H]1CC12Cc1ccccc1C2. The van der Waals surface area contributed by atoms with Crippen LogP contribution in [-0.2, 0) is 17.6 Å². The van der Waals surface area contributed by atoms with E-state index in [1.807, 2.05) is 12.1 Å². The Morgan fingerprint density at radius 1 is 1.29 bits per heavy atom. The van der Waals surface area contributed by atoms with Gasteiger partial charge in [-0.25, -0.2) is 0 Å². The zero-order valence-electron chi connectivity index (χ0n) is 7.86. The van der Waals surface area contributed by atoms with Crippen LogP contribution in [0, 0.1) is 11.3 Å². The Kier molecular flexibility index (Phi) is 1.37. The monoisotopic (exact) mass is 188 g/mol. The average Bonchev–Trinajstić information content (AvgIpc) is 2.72. The maximum absolute atomic E-state index is 10.9. The van der Waals surface area contributed by atoms with Crippen molar-refractivity contribution in [3.8, 4) is 0 Å². The second-order valence-electron chi connectivity index (χ2n) is 4.58. The fraction of sp³-hybridized carbons (Fsp3) is 0.417. The van der Waals surface area contributed by atoms with Crippen molar-refractivity contribution in [3.05, 3.63) is 35.4 Å². The summed E-state index contributed by atoms with van der Waals surface area (Å²) >= 11 is 0. The topological polar surface area (TPSA) is 37.3 Å². The summed E-state index contributed by atoms with van der Waals surface area (Å²) in [5.74, 6) is -0.701. The normalized spacial score (nSPS) is 26.1. The molecule has 1 atom stereocenters. The molecule has 0 saturated heterocycles. The molecule has 1 fully saturated rings. The van der Waals surface area contributed by atoms with Gasteiger partial charge in [-0.2, -0.15) is 0 Å². The van der Waals surface area contributed by atoms with Gasteiger partial charge in [-0.3, -0.25) is 4.79 Å². The molecule has 2 nitrogen and oxygen atoms in total. The van der Waals surface area contributed by atoms with E-state index in [0.29, 0.717) is 0 Å². The van der Waals surface area contributed by atoms with E-state index in [1.165, 1.54) is 11.1 Å². The third-order valence-corrected chi connectivity index (χ3v) is 3.69. The molecule has 1 saturated carbocycles. The van der Waals surface area contributed by atoms with Crippen molar-refractivity contribution in [1.29, 1.82) is 0 Å². The van der Waals surface area contributed by atoms with E-state index in [4.69, 9.17) is 5.11 Å². The predicted molar refractivity (Wildman–Crippen MR) is 52.0 cm³/mol. The van der Waals surface area contributed by atoms with Gasteiger partial charge >= 0.3 is 5.97 Å². The van der Waals surface area contributed by atoms with Crippen LogP contribution in [0.3, 0.4) is 0 Å². The van der Waals surface area contributed by atoms with E-state index < -0.39 is 5.97 Å². The van der Waals surface area contributed by atoms with E-state index in [9.17, 15) is 4.79 Å². The van der Waals surface area contributed by atoms with E-state index in [1.54, 1.807) is 0 Å². The molecule has 72 valence electrons. The Balaban J connectivity index is 1.90. The van der Waals surface area contributed by atoms with Gasteiger partial charge in [-0.1, -0.05) is 24.3 Å². The second-order valence-corrected chi connectivity index (χ2v) is 4.58. The van der Waals surface area contributed by atoms with Crippen LogP contribution in [0.4, 0.5) is 0 Å². The highest BCUT2D eigenvalue weighted by Crippen LogP contribution is 2.60. The van der Waals surface area contributed by atoms with Gasteiger partial charge in [-0.05, 0) is 35.8 Å². The third kappa shape index (κ3) is 0.939. The van der Waals surface area contributed by atoms with E-state index in [2.05, 4.69) is 12.1 Å². The minimum atomic E-state index is -0.613. The summed E-state index contributed by atoms with van der Waals surface area (Å²) in [6, 6.07) is 8.33. The Morgan fingerprint density at radius 3 is 2.29 bits per heavy atom. The van der Waals surface area contributed by atoms with Gasteiger partial charge < -0.3 is 5.11 Å². The molecule has 2 heteroatoms. The van der Waals surface area contributed by atoms with Crippen molar-refractivity contribution < 1.29 is 9.90 Å². The first-order valence-corrected chi connectivity index (χ1v) is 5.01. The minimum absolute atomic E-state index is 0.0881. The minimum Gasteiger partial charge on any atom is -0.481 e. The molecule has 2 aliphatic carbocycles. The van der Waals surface area contributed by atoms with E-state index in [0.717, 1.165) is 19.3 Å². The molecule has 1 spiro atoms. The lowest BCUT2D eigenvalue weighted by Gasteiger charge is -2.03. The second kappa shape index (κ2) is 2.38. The number of benzene rings is 1. The van der Waals surface area contributed by atoms with Gasteiger partial charge in [0.05, 0.1) is 5.92 Å². The first-order valence-electron chi connectivity index (χ1n) is 5.01. The molecule has 0 unspecified atom stereocenters. The third-order valence-electron chi connectivity index (χ3n) is 3.69. The molecular weight excluding hydrogens is 176 g/mol. The van der Waals surface area contributed by atoms with Crippen LogP contribution >= 0.6 is 0 Å². The largest absolute Gasteiger partial charge is 0.481 e. The first-order chi connectivity index (χ1) is 6.71. The fourth-order valence-electron chi connectivity index (χ4n) is 2.81. The molecule has 1 aromatic carbocycles. The Labute approximate surface area is 82.6 Å². The summed E-state index contributed by atoms with van der Waals surface area (Å²) in [5.41, 5.74) is 2.81. The number of carboxylic acid groups (broad SMARTS) is 1. The molecule has 14 heavy (non-hydrogen) atoms. The molecule has 0 aromatic heterocycles. The Morgan fingerprint density at radius 2 is 1.86 bits per heavy atom. The summed E-state index contributed by atoms with van der Waals surface area (Å²) in [5, 5.41) is 8.96. The molecule has 0 radical (unpaired) electrons. The number of fused-ring (bicyclic) bond motifs is 1. The van der Waals surface area contributed by atoms with Crippen LogP contribution in [0.1, 0.15) is 17.5 Å². The Bertz CT molecular complexity index is 384. The number of carboxylic acids is 1. The van der Waals surface area contributed by atoms with Crippen LogP contribution in [-0.4, -0.2) is 11.1 Å². The quantitative estimate of drug-likeness (QED) is 0.730. The lowest BCUT2D eigenvalue weighted by atomic mass is 10.0. The molecule has 0 bridgehead atoms. The summed E-state index contributed by atoms with van der Waals surface area (Å²) in [6.45, 7) is 0. The van der Waals surface area contributed by atoms with Gasteiger partial charge in [0.2, 0.25) is 0 Å². The zero-order chi connectivity index (χ0) is 9.76. The smallest absolute Gasteiger partial charge is 0.307 e. The molecule has 1 aromatic rings. The summed E-state index contributed by atoms with van der Waals surface area (Å²) in [7, 11) is 0. The van der Waals surface area contributed by atoms with Crippen molar-refractivity contribution in [2.24, 2.45) is 11.3 Å². The van der Waals surface area contributed by atoms with Gasteiger partial charge in [0.25, 0.3) is 0 Å². The fourth-order valence-corrected chi connectivity index (χ4v) is 2.81. The van der Waals surface area contributed by atoms with Crippen molar-refractivity contribution in [1.82, 2.24) is 0 Å². The van der Waals surface area contributed by atoms with Gasteiger partial charge in [0.15, 0.2) is 0 Å². The number of rotatable bonds is 1. The molecule has 0 heterocycles. The summed E-state index contributed by atoms with van der Waals surface area (Å²) < 4.78 is 0. The van der Waals surface area contributed by atoms with Crippen LogP contribution in [0.25, 0.3) is 0 Å². The van der Waals surface area contributed by atoms with Crippen LogP contribution < -0.4 is 0 Å². The molecule has 3 rings (SSSR count). The standard InChI is InChI=1S/C12H12O2/c13-11(14)10-7-12(10)5-8-3-1-2-4-9(8)6-12/h1-4,10H,5-7H2,(H,13,14)/t10-/m0/s1.